The van der Waals surface area contributed by atoms with Crippen molar-refractivity contribution in [2.75, 3.05) is 5.32 Å². The van der Waals surface area contributed by atoms with Gasteiger partial charge in [0.25, 0.3) is 5.91 Å². The van der Waals surface area contributed by atoms with Crippen molar-refractivity contribution < 1.29 is 4.79 Å². The summed E-state index contributed by atoms with van der Waals surface area (Å²) in [5.41, 5.74) is 2.21. The number of nitrogens with zero attached hydrogens (tertiary/aromatic N) is 1. The number of benzene rings is 2. The fraction of sp³-hybridized carbons (Fsp3) is 0. The molecule has 90 valence electrons. The minimum atomic E-state index is -0.272. The van der Waals surface area contributed by atoms with Crippen molar-refractivity contribution in [3.63, 3.8) is 0 Å². The number of carbonyl (C=O) groups excluding carboxylic acids is 1. The minimum Gasteiger partial charge on any atom is -0.322 e. The zero-order valence-electron chi connectivity index (χ0n) is 10.1. The van der Waals surface area contributed by atoms with Crippen molar-refractivity contribution in [3.05, 3.63) is 65.2 Å². The quantitative estimate of drug-likeness (QED) is 0.828. The van der Waals surface area contributed by atoms with Crippen LogP contribution in [0.1, 0.15) is 21.5 Å². The van der Waals surface area contributed by atoms with Crippen LogP contribution in [0.3, 0.4) is 0 Å². The highest BCUT2D eigenvalue weighted by Crippen LogP contribution is 2.12. The summed E-state index contributed by atoms with van der Waals surface area (Å²) in [7, 11) is 0. The number of hydrogen-bond donors (Lipinski definition) is 1. The van der Waals surface area contributed by atoms with Gasteiger partial charge in [0, 0.05) is 16.8 Å². The van der Waals surface area contributed by atoms with Crippen LogP contribution in [0.2, 0.25) is 0 Å². The van der Waals surface area contributed by atoms with E-state index >= 15 is 0 Å². The summed E-state index contributed by atoms with van der Waals surface area (Å²) in [4.78, 5) is 12.0. The Bertz CT molecular complexity index is 705. The van der Waals surface area contributed by atoms with Crippen molar-refractivity contribution in [1.82, 2.24) is 0 Å². The molecule has 2 rings (SSSR count). The second-order valence-corrected chi connectivity index (χ2v) is 3.87. The summed E-state index contributed by atoms with van der Waals surface area (Å²) in [5, 5.41) is 11.5. The number of carbonyl (C=O) groups is 1. The van der Waals surface area contributed by atoms with E-state index in [4.69, 9.17) is 11.7 Å². The van der Waals surface area contributed by atoms with Crippen LogP contribution < -0.4 is 5.32 Å². The van der Waals surface area contributed by atoms with Crippen LogP contribution in [0.25, 0.3) is 0 Å². The molecule has 0 aromatic heterocycles. The molecule has 0 aliphatic rings. The predicted molar refractivity (Wildman–Crippen MR) is 73.5 cm³/mol. The summed E-state index contributed by atoms with van der Waals surface area (Å²) in [5.74, 6) is 2.23. The van der Waals surface area contributed by atoms with E-state index in [0.717, 1.165) is 0 Å². The highest BCUT2D eigenvalue weighted by molar-refractivity contribution is 6.04. The van der Waals surface area contributed by atoms with Gasteiger partial charge in [-0.15, -0.1) is 6.42 Å². The molecule has 0 heterocycles. The van der Waals surface area contributed by atoms with Gasteiger partial charge >= 0.3 is 0 Å². The highest BCUT2D eigenvalue weighted by Gasteiger charge is 2.06. The Balaban J connectivity index is 2.21. The van der Waals surface area contributed by atoms with Crippen LogP contribution in [-0.4, -0.2) is 5.91 Å². The van der Waals surface area contributed by atoms with Crippen molar-refractivity contribution in [1.29, 1.82) is 5.26 Å². The van der Waals surface area contributed by atoms with Crippen molar-refractivity contribution in [2.45, 2.75) is 0 Å². The largest absolute Gasteiger partial charge is 0.322 e. The van der Waals surface area contributed by atoms with Crippen LogP contribution in [0.5, 0.6) is 0 Å². The van der Waals surface area contributed by atoms with Crippen molar-refractivity contribution in [3.8, 4) is 18.4 Å². The summed E-state index contributed by atoms with van der Waals surface area (Å²) in [6.07, 6.45) is 5.30. The first-order chi connectivity index (χ1) is 9.22. The Labute approximate surface area is 111 Å². The van der Waals surface area contributed by atoms with E-state index in [9.17, 15) is 4.79 Å². The number of rotatable bonds is 2. The third kappa shape index (κ3) is 3.00. The number of amides is 1. The average molecular weight is 246 g/mol. The second kappa shape index (κ2) is 5.53. The van der Waals surface area contributed by atoms with Crippen LogP contribution >= 0.6 is 0 Å². The normalized spacial score (nSPS) is 9.16. The van der Waals surface area contributed by atoms with E-state index in [1.54, 1.807) is 48.5 Å². The van der Waals surface area contributed by atoms with Crippen LogP contribution in [0, 0.1) is 23.7 Å². The van der Waals surface area contributed by atoms with Gasteiger partial charge in [-0.05, 0) is 36.4 Å². The van der Waals surface area contributed by atoms with E-state index in [-0.39, 0.29) is 5.91 Å². The molecule has 1 amide bonds. The number of hydrogen-bond acceptors (Lipinski definition) is 2. The van der Waals surface area contributed by atoms with E-state index in [2.05, 4.69) is 11.2 Å². The third-order valence-electron chi connectivity index (χ3n) is 2.54. The molecule has 0 aliphatic carbocycles. The van der Waals surface area contributed by atoms with Crippen LogP contribution in [-0.2, 0) is 0 Å². The first-order valence-corrected chi connectivity index (χ1v) is 5.61. The Morgan fingerprint density at radius 2 is 1.84 bits per heavy atom. The molecule has 0 aliphatic heterocycles. The van der Waals surface area contributed by atoms with Gasteiger partial charge in [-0.25, -0.2) is 0 Å². The minimum absolute atomic E-state index is 0.272. The summed E-state index contributed by atoms with van der Waals surface area (Å²) >= 11 is 0. The van der Waals surface area contributed by atoms with E-state index < -0.39 is 0 Å². The van der Waals surface area contributed by atoms with Gasteiger partial charge in [0.1, 0.15) is 0 Å². The number of nitriles is 1. The summed E-state index contributed by atoms with van der Waals surface area (Å²) in [6, 6.07) is 15.5. The number of terminal acetylenes is 1. The maximum atomic E-state index is 12.0. The van der Waals surface area contributed by atoms with Crippen LogP contribution in [0.4, 0.5) is 5.69 Å². The standard InChI is InChI=1S/C16H10N2O/c1-2-12-5-4-8-15(10-12)18-16(19)14-7-3-6-13(9-14)11-17/h1,3-10H,(H,18,19). The van der Waals surface area contributed by atoms with Gasteiger partial charge in [-0.1, -0.05) is 18.1 Å². The van der Waals surface area contributed by atoms with Gasteiger partial charge in [-0.3, -0.25) is 4.79 Å². The molecule has 0 saturated heterocycles. The molecule has 2 aromatic rings. The van der Waals surface area contributed by atoms with Gasteiger partial charge in [0.15, 0.2) is 0 Å². The molecule has 0 radical (unpaired) electrons. The Hall–Kier alpha value is -3.04. The molecule has 1 N–H and O–H groups in total. The molecule has 0 unspecified atom stereocenters. The SMILES string of the molecule is C#Cc1cccc(NC(=O)c2cccc(C#N)c2)c1. The molecule has 0 bridgehead atoms. The molecule has 3 heteroatoms. The maximum absolute atomic E-state index is 12.0. The average Bonchev–Trinajstić information content (AvgIpc) is 2.47. The molecule has 0 fully saturated rings. The highest BCUT2D eigenvalue weighted by atomic mass is 16.1. The molecule has 0 spiro atoms. The molecule has 3 nitrogen and oxygen atoms in total. The van der Waals surface area contributed by atoms with Gasteiger partial charge in [-0.2, -0.15) is 5.26 Å². The molecular formula is C16H10N2O. The lowest BCUT2D eigenvalue weighted by atomic mass is 10.1. The Morgan fingerprint density at radius 3 is 2.58 bits per heavy atom. The molecule has 0 atom stereocenters. The lowest BCUT2D eigenvalue weighted by Crippen LogP contribution is -2.12. The zero-order valence-corrected chi connectivity index (χ0v) is 10.1. The topological polar surface area (TPSA) is 52.9 Å². The predicted octanol–water partition coefficient (Wildman–Crippen LogP) is 2.79. The van der Waals surface area contributed by atoms with Crippen molar-refractivity contribution in [2.24, 2.45) is 0 Å². The molecule has 0 saturated carbocycles. The van der Waals surface area contributed by atoms with Gasteiger partial charge in [0.05, 0.1) is 11.6 Å². The fourth-order valence-corrected chi connectivity index (χ4v) is 1.62. The van der Waals surface area contributed by atoms with E-state index in [0.29, 0.717) is 22.4 Å². The number of anilines is 1. The Kier molecular flexibility index (Phi) is 3.61. The third-order valence-corrected chi connectivity index (χ3v) is 2.54. The van der Waals surface area contributed by atoms with E-state index in [1.165, 1.54) is 0 Å². The number of nitrogens with one attached hydrogen (secondary N) is 1. The maximum Gasteiger partial charge on any atom is 0.255 e. The monoisotopic (exact) mass is 246 g/mol. The van der Waals surface area contributed by atoms with E-state index in [1.807, 2.05) is 6.07 Å². The lowest BCUT2D eigenvalue weighted by molar-refractivity contribution is 0.102. The summed E-state index contributed by atoms with van der Waals surface area (Å²) in [6.45, 7) is 0. The second-order valence-electron chi connectivity index (χ2n) is 3.87. The molecule has 2 aromatic carbocycles. The van der Waals surface area contributed by atoms with Crippen LogP contribution in [0.15, 0.2) is 48.5 Å². The van der Waals surface area contributed by atoms with Crippen molar-refractivity contribution >= 4 is 11.6 Å². The van der Waals surface area contributed by atoms with Gasteiger partial charge < -0.3 is 5.32 Å². The molecular weight excluding hydrogens is 236 g/mol. The summed E-state index contributed by atoms with van der Waals surface area (Å²) < 4.78 is 0. The van der Waals surface area contributed by atoms with Gasteiger partial charge in [0.2, 0.25) is 0 Å². The first kappa shape index (κ1) is 12.4. The smallest absolute Gasteiger partial charge is 0.255 e. The fourth-order valence-electron chi connectivity index (χ4n) is 1.62. The lowest BCUT2D eigenvalue weighted by Gasteiger charge is -2.05. The molecule has 19 heavy (non-hydrogen) atoms. The Morgan fingerprint density at radius 1 is 1.11 bits per heavy atom. The first-order valence-electron chi connectivity index (χ1n) is 5.61. The zero-order chi connectivity index (χ0) is 13.7.